The number of thiazole rings is 1. The zero-order chi connectivity index (χ0) is 22.7. The van der Waals surface area contributed by atoms with Crippen molar-refractivity contribution in [2.24, 2.45) is 5.10 Å². The molecule has 0 unspecified atom stereocenters. The summed E-state index contributed by atoms with van der Waals surface area (Å²) in [7, 11) is 0. The summed E-state index contributed by atoms with van der Waals surface area (Å²) in [4.78, 5) is 5.97. The highest BCUT2D eigenvalue weighted by Gasteiger charge is 2.14. The van der Waals surface area contributed by atoms with E-state index in [0.717, 1.165) is 51.2 Å². The van der Waals surface area contributed by atoms with Gasteiger partial charge in [-0.1, -0.05) is 110 Å². The van der Waals surface area contributed by atoms with Crippen LogP contribution in [0.15, 0.2) is 90.0 Å². The Labute approximate surface area is 200 Å². The van der Waals surface area contributed by atoms with Crippen molar-refractivity contribution < 1.29 is 4.74 Å². The van der Waals surface area contributed by atoms with E-state index in [4.69, 9.17) is 9.72 Å². The molecule has 1 heterocycles. The second kappa shape index (κ2) is 12.0. The summed E-state index contributed by atoms with van der Waals surface area (Å²) < 4.78 is 5.99. The van der Waals surface area contributed by atoms with Crippen LogP contribution in [0.4, 0.5) is 5.13 Å². The molecule has 4 rings (SSSR count). The zero-order valence-electron chi connectivity index (χ0n) is 18.9. The summed E-state index contributed by atoms with van der Waals surface area (Å²) in [6, 6.07) is 28.6. The first kappa shape index (κ1) is 22.7. The number of benzene rings is 3. The Morgan fingerprint density at radius 1 is 0.848 bits per heavy atom. The third-order valence-electron chi connectivity index (χ3n) is 5.25. The summed E-state index contributed by atoms with van der Waals surface area (Å²) in [5.41, 5.74) is 7.27. The molecule has 0 amide bonds. The Bertz CT molecular complexity index is 1100. The second-order valence-electron chi connectivity index (χ2n) is 7.75. The van der Waals surface area contributed by atoms with Gasteiger partial charge in [0.25, 0.3) is 0 Å². The predicted octanol–water partition coefficient (Wildman–Crippen LogP) is 7.88. The molecule has 0 bridgehead atoms. The monoisotopic (exact) mass is 455 g/mol. The molecule has 4 nitrogen and oxygen atoms in total. The molecule has 0 saturated carbocycles. The van der Waals surface area contributed by atoms with Gasteiger partial charge in [0.2, 0.25) is 5.13 Å². The summed E-state index contributed by atoms with van der Waals surface area (Å²) in [6.45, 7) is 2.94. The first-order valence-electron chi connectivity index (χ1n) is 11.5. The van der Waals surface area contributed by atoms with Crippen LogP contribution >= 0.6 is 11.3 Å². The largest absolute Gasteiger partial charge is 0.493 e. The van der Waals surface area contributed by atoms with Gasteiger partial charge in [0, 0.05) is 11.1 Å². The minimum Gasteiger partial charge on any atom is -0.493 e. The van der Waals surface area contributed by atoms with Crippen molar-refractivity contribution in [1.82, 2.24) is 4.98 Å². The molecule has 5 heteroatoms. The van der Waals surface area contributed by atoms with Gasteiger partial charge in [-0.05, 0) is 24.1 Å². The van der Waals surface area contributed by atoms with Gasteiger partial charge in [0.05, 0.1) is 23.4 Å². The number of nitrogens with zero attached hydrogens (tertiary/aromatic N) is 2. The first-order valence-corrected chi connectivity index (χ1v) is 12.3. The smallest absolute Gasteiger partial charge is 0.204 e. The van der Waals surface area contributed by atoms with Gasteiger partial charge in [-0.25, -0.2) is 4.98 Å². The van der Waals surface area contributed by atoms with Crippen LogP contribution in [0.25, 0.3) is 21.7 Å². The Hall–Kier alpha value is -3.44. The van der Waals surface area contributed by atoms with Crippen LogP contribution < -0.4 is 10.2 Å². The predicted molar refractivity (Wildman–Crippen MR) is 140 cm³/mol. The van der Waals surface area contributed by atoms with Gasteiger partial charge >= 0.3 is 0 Å². The van der Waals surface area contributed by atoms with E-state index >= 15 is 0 Å². The SMILES string of the molecule is CCCCCCOc1ccccc1/C=N\Nc1nc(-c2ccccc2)c(-c2ccccc2)s1. The van der Waals surface area contributed by atoms with Crippen LogP contribution in [0.2, 0.25) is 0 Å². The Morgan fingerprint density at radius 2 is 1.55 bits per heavy atom. The van der Waals surface area contributed by atoms with Gasteiger partial charge in [0.1, 0.15) is 5.75 Å². The third-order valence-corrected chi connectivity index (χ3v) is 6.26. The number of hydrazone groups is 1. The highest BCUT2D eigenvalue weighted by molar-refractivity contribution is 7.19. The van der Waals surface area contributed by atoms with Crippen LogP contribution in [-0.2, 0) is 0 Å². The minimum atomic E-state index is 0.728. The van der Waals surface area contributed by atoms with Crippen molar-refractivity contribution in [3.8, 4) is 27.4 Å². The lowest BCUT2D eigenvalue weighted by molar-refractivity contribution is 0.304. The molecule has 4 aromatic rings. The molecular weight excluding hydrogens is 426 g/mol. The molecule has 168 valence electrons. The average molecular weight is 456 g/mol. The standard InChI is InChI=1S/C28H29N3OS/c1-2-3-4-13-20-32-25-19-12-11-18-24(25)21-29-31-28-30-26(22-14-7-5-8-15-22)27(33-28)23-16-9-6-10-17-23/h5-12,14-19,21H,2-4,13,20H2,1H3,(H,30,31)/b29-21-. The summed E-state index contributed by atoms with van der Waals surface area (Å²) in [6.07, 6.45) is 6.55. The molecule has 0 aliphatic rings. The molecule has 0 atom stereocenters. The maximum atomic E-state index is 5.99. The first-order chi connectivity index (χ1) is 16.3. The number of ether oxygens (including phenoxy) is 1. The highest BCUT2D eigenvalue weighted by Crippen LogP contribution is 2.38. The van der Waals surface area contributed by atoms with E-state index in [0.29, 0.717) is 0 Å². The Balaban J connectivity index is 1.50. The maximum absolute atomic E-state index is 5.99. The normalized spacial score (nSPS) is 11.1. The molecule has 0 radical (unpaired) electrons. The number of nitrogens with one attached hydrogen (secondary N) is 1. The molecule has 0 aliphatic carbocycles. The lowest BCUT2D eigenvalue weighted by atomic mass is 10.1. The number of hydrogen-bond donors (Lipinski definition) is 1. The zero-order valence-corrected chi connectivity index (χ0v) is 19.7. The van der Waals surface area contributed by atoms with Crippen molar-refractivity contribution >= 4 is 22.7 Å². The Morgan fingerprint density at radius 3 is 2.30 bits per heavy atom. The van der Waals surface area contributed by atoms with Gasteiger partial charge in [0.15, 0.2) is 0 Å². The molecule has 33 heavy (non-hydrogen) atoms. The number of rotatable bonds is 11. The number of aromatic nitrogens is 1. The molecule has 0 aliphatic heterocycles. The van der Waals surface area contributed by atoms with Crippen LogP contribution in [-0.4, -0.2) is 17.8 Å². The van der Waals surface area contributed by atoms with E-state index in [2.05, 4.69) is 41.7 Å². The summed E-state index contributed by atoms with van der Waals surface area (Å²) in [5.74, 6) is 0.855. The van der Waals surface area contributed by atoms with Gasteiger partial charge in [-0.3, -0.25) is 5.43 Å². The number of hydrogen-bond acceptors (Lipinski definition) is 5. The van der Waals surface area contributed by atoms with Crippen molar-refractivity contribution in [3.05, 3.63) is 90.5 Å². The topological polar surface area (TPSA) is 46.5 Å². The molecular formula is C28H29N3OS. The van der Waals surface area contributed by atoms with Gasteiger partial charge in [-0.15, -0.1) is 0 Å². The molecule has 0 saturated heterocycles. The van der Waals surface area contributed by atoms with E-state index in [1.807, 2.05) is 60.7 Å². The molecule has 1 N–H and O–H groups in total. The van der Waals surface area contributed by atoms with Crippen LogP contribution in [0.1, 0.15) is 38.2 Å². The second-order valence-corrected chi connectivity index (χ2v) is 8.74. The van der Waals surface area contributed by atoms with Crippen LogP contribution in [0, 0.1) is 0 Å². The van der Waals surface area contributed by atoms with Gasteiger partial charge < -0.3 is 4.74 Å². The Kier molecular flexibility index (Phi) is 8.25. The van der Waals surface area contributed by atoms with E-state index in [9.17, 15) is 0 Å². The van der Waals surface area contributed by atoms with Crippen molar-refractivity contribution in [2.75, 3.05) is 12.0 Å². The van der Waals surface area contributed by atoms with E-state index in [-0.39, 0.29) is 0 Å². The molecule has 0 spiro atoms. The fourth-order valence-corrected chi connectivity index (χ4v) is 4.47. The van der Waals surface area contributed by atoms with Crippen LogP contribution in [0.3, 0.4) is 0 Å². The fraction of sp³-hybridized carbons (Fsp3) is 0.214. The lowest BCUT2D eigenvalue weighted by Gasteiger charge is -2.08. The number of unbranched alkanes of at least 4 members (excludes halogenated alkanes) is 3. The van der Waals surface area contributed by atoms with E-state index in [1.54, 1.807) is 17.6 Å². The fourth-order valence-electron chi connectivity index (χ4n) is 3.53. The molecule has 0 fully saturated rings. The maximum Gasteiger partial charge on any atom is 0.204 e. The average Bonchev–Trinajstić information content (AvgIpc) is 3.30. The number of anilines is 1. The van der Waals surface area contributed by atoms with Gasteiger partial charge in [-0.2, -0.15) is 5.10 Å². The quantitative estimate of drug-likeness (QED) is 0.142. The van der Waals surface area contributed by atoms with Crippen molar-refractivity contribution in [1.29, 1.82) is 0 Å². The number of para-hydroxylation sites is 1. The van der Waals surface area contributed by atoms with Crippen molar-refractivity contribution in [3.63, 3.8) is 0 Å². The highest BCUT2D eigenvalue weighted by atomic mass is 32.1. The summed E-state index contributed by atoms with van der Waals surface area (Å²) >= 11 is 1.60. The van der Waals surface area contributed by atoms with Crippen molar-refractivity contribution in [2.45, 2.75) is 32.6 Å². The van der Waals surface area contributed by atoms with Crippen LogP contribution in [0.5, 0.6) is 5.75 Å². The molecule has 3 aromatic carbocycles. The third kappa shape index (κ3) is 6.30. The van der Waals surface area contributed by atoms with E-state index < -0.39 is 0 Å². The lowest BCUT2D eigenvalue weighted by Crippen LogP contribution is -2.00. The summed E-state index contributed by atoms with van der Waals surface area (Å²) in [5, 5.41) is 5.22. The van der Waals surface area contributed by atoms with E-state index in [1.165, 1.54) is 19.3 Å². The minimum absolute atomic E-state index is 0.728. The molecule has 1 aromatic heterocycles.